The van der Waals surface area contributed by atoms with Crippen LogP contribution in [0.25, 0.3) is 11.5 Å². The van der Waals surface area contributed by atoms with E-state index in [1.54, 1.807) is 24.5 Å². The van der Waals surface area contributed by atoms with Gasteiger partial charge in [0.2, 0.25) is 5.91 Å². The van der Waals surface area contributed by atoms with E-state index in [0.717, 1.165) is 0 Å². The first-order valence-electron chi connectivity index (χ1n) is 5.53. The standard InChI is InChI=1S/C12H13N3O3/c1-9(16)13-6-7-15-12(17)5-4-10(14-15)11-3-2-8-18-11/h2-5,8H,6-7H2,1H3,(H,13,16). The van der Waals surface area contributed by atoms with Gasteiger partial charge in [-0.25, -0.2) is 4.68 Å². The number of rotatable bonds is 4. The van der Waals surface area contributed by atoms with Gasteiger partial charge in [-0.1, -0.05) is 0 Å². The highest BCUT2D eigenvalue weighted by atomic mass is 16.3. The van der Waals surface area contributed by atoms with Crippen LogP contribution >= 0.6 is 0 Å². The smallest absolute Gasteiger partial charge is 0.266 e. The molecule has 18 heavy (non-hydrogen) atoms. The number of furan rings is 1. The van der Waals surface area contributed by atoms with Gasteiger partial charge in [-0.2, -0.15) is 5.10 Å². The number of carbonyl (C=O) groups excluding carboxylic acids is 1. The first kappa shape index (κ1) is 12.1. The number of hydrogen-bond acceptors (Lipinski definition) is 4. The number of aromatic nitrogens is 2. The minimum Gasteiger partial charge on any atom is -0.463 e. The third-order valence-electron chi connectivity index (χ3n) is 2.34. The molecule has 6 nitrogen and oxygen atoms in total. The molecular weight excluding hydrogens is 234 g/mol. The molecule has 1 amide bonds. The van der Waals surface area contributed by atoms with Crippen molar-refractivity contribution in [3.8, 4) is 11.5 Å². The van der Waals surface area contributed by atoms with Crippen LogP contribution in [-0.2, 0) is 11.3 Å². The molecule has 0 aliphatic heterocycles. The van der Waals surface area contributed by atoms with Gasteiger partial charge in [0.05, 0.1) is 12.8 Å². The van der Waals surface area contributed by atoms with E-state index in [2.05, 4.69) is 10.4 Å². The van der Waals surface area contributed by atoms with Crippen molar-refractivity contribution in [1.82, 2.24) is 15.1 Å². The van der Waals surface area contributed by atoms with Gasteiger partial charge in [-0.05, 0) is 18.2 Å². The summed E-state index contributed by atoms with van der Waals surface area (Å²) in [4.78, 5) is 22.3. The molecule has 2 rings (SSSR count). The van der Waals surface area contributed by atoms with Gasteiger partial charge in [-0.3, -0.25) is 9.59 Å². The van der Waals surface area contributed by atoms with Gasteiger partial charge in [-0.15, -0.1) is 0 Å². The molecule has 94 valence electrons. The van der Waals surface area contributed by atoms with Gasteiger partial charge < -0.3 is 9.73 Å². The molecule has 2 aromatic rings. The van der Waals surface area contributed by atoms with Crippen molar-refractivity contribution >= 4 is 5.91 Å². The maximum atomic E-state index is 11.6. The summed E-state index contributed by atoms with van der Waals surface area (Å²) in [7, 11) is 0. The maximum absolute atomic E-state index is 11.6. The van der Waals surface area contributed by atoms with Gasteiger partial charge >= 0.3 is 0 Å². The van der Waals surface area contributed by atoms with Gasteiger partial charge in [0.15, 0.2) is 5.76 Å². The highest BCUT2D eigenvalue weighted by molar-refractivity contribution is 5.72. The van der Waals surface area contributed by atoms with Crippen molar-refractivity contribution in [1.29, 1.82) is 0 Å². The summed E-state index contributed by atoms with van der Waals surface area (Å²) >= 11 is 0. The molecule has 0 bridgehead atoms. The Balaban J connectivity index is 2.17. The summed E-state index contributed by atoms with van der Waals surface area (Å²) in [5, 5.41) is 6.78. The highest BCUT2D eigenvalue weighted by Gasteiger charge is 2.05. The topological polar surface area (TPSA) is 77.1 Å². The zero-order chi connectivity index (χ0) is 13.0. The number of hydrogen-bond donors (Lipinski definition) is 1. The molecule has 2 heterocycles. The second-order valence-corrected chi connectivity index (χ2v) is 3.74. The van der Waals surface area contributed by atoms with Gasteiger partial charge in [0, 0.05) is 19.5 Å². The molecule has 2 aromatic heterocycles. The summed E-state index contributed by atoms with van der Waals surface area (Å²) in [6.07, 6.45) is 1.55. The van der Waals surface area contributed by atoms with Crippen LogP contribution in [0.4, 0.5) is 0 Å². The fourth-order valence-electron chi connectivity index (χ4n) is 1.50. The third kappa shape index (κ3) is 2.85. The van der Waals surface area contributed by atoms with Crippen molar-refractivity contribution in [3.05, 3.63) is 40.9 Å². The zero-order valence-electron chi connectivity index (χ0n) is 9.92. The largest absolute Gasteiger partial charge is 0.463 e. The van der Waals surface area contributed by atoms with Crippen molar-refractivity contribution in [2.45, 2.75) is 13.5 Å². The number of nitrogens with zero attached hydrogens (tertiary/aromatic N) is 2. The summed E-state index contributed by atoms with van der Waals surface area (Å²) < 4.78 is 6.51. The van der Waals surface area contributed by atoms with E-state index < -0.39 is 0 Å². The SMILES string of the molecule is CC(=O)NCCn1nc(-c2ccco2)ccc1=O. The number of nitrogens with one attached hydrogen (secondary N) is 1. The van der Waals surface area contributed by atoms with E-state index in [9.17, 15) is 9.59 Å². The first-order valence-corrected chi connectivity index (χ1v) is 5.53. The van der Waals surface area contributed by atoms with Crippen LogP contribution in [0.1, 0.15) is 6.92 Å². The van der Waals surface area contributed by atoms with Crippen molar-refractivity contribution in [3.63, 3.8) is 0 Å². The van der Waals surface area contributed by atoms with E-state index in [4.69, 9.17) is 4.42 Å². The molecule has 0 aliphatic rings. The lowest BCUT2D eigenvalue weighted by Crippen LogP contribution is -2.30. The van der Waals surface area contributed by atoms with E-state index >= 15 is 0 Å². The molecule has 0 unspecified atom stereocenters. The quantitative estimate of drug-likeness (QED) is 0.860. The molecule has 6 heteroatoms. The van der Waals surface area contributed by atoms with Crippen LogP contribution in [0.5, 0.6) is 0 Å². The lowest BCUT2D eigenvalue weighted by Gasteiger charge is -2.06. The predicted octanol–water partition coefficient (Wildman–Crippen LogP) is 0.639. The minimum absolute atomic E-state index is 0.134. The van der Waals surface area contributed by atoms with Crippen LogP contribution in [0.2, 0.25) is 0 Å². The predicted molar refractivity (Wildman–Crippen MR) is 64.9 cm³/mol. The third-order valence-corrected chi connectivity index (χ3v) is 2.34. The van der Waals surface area contributed by atoms with Crippen LogP contribution < -0.4 is 10.9 Å². The molecule has 0 radical (unpaired) electrons. The summed E-state index contributed by atoms with van der Waals surface area (Å²) in [5.41, 5.74) is 0.373. The zero-order valence-corrected chi connectivity index (χ0v) is 9.92. The molecule has 0 aliphatic carbocycles. The van der Waals surface area contributed by atoms with Crippen molar-refractivity contribution in [2.24, 2.45) is 0 Å². The summed E-state index contributed by atoms with van der Waals surface area (Å²) in [6, 6.07) is 6.56. The molecule has 0 spiro atoms. The Morgan fingerprint density at radius 1 is 1.44 bits per heavy atom. The molecule has 0 atom stereocenters. The average molecular weight is 247 g/mol. The highest BCUT2D eigenvalue weighted by Crippen LogP contribution is 2.14. The number of carbonyl (C=O) groups is 1. The van der Waals surface area contributed by atoms with Crippen LogP contribution in [0.15, 0.2) is 39.7 Å². The average Bonchev–Trinajstić information content (AvgIpc) is 2.84. The van der Waals surface area contributed by atoms with Crippen LogP contribution in [0, 0.1) is 0 Å². The van der Waals surface area contributed by atoms with E-state index in [1.165, 1.54) is 17.7 Å². The van der Waals surface area contributed by atoms with E-state index in [0.29, 0.717) is 24.5 Å². The molecule has 0 saturated heterocycles. The Labute approximate surface area is 103 Å². The summed E-state index contributed by atoms with van der Waals surface area (Å²) in [5.74, 6) is 0.466. The van der Waals surface area contributed by atoms with Crippen molar-refractivity contribution < 1.29 is 9.21 Å². The summed E-state index contributed by atoms with van der Waals surface area (Å²) in [6.45, 7) is 2.12. The van der Waals surface area contributed by atoms with E-state index in [1.807, 2.05) is 0 Å². The fourth-order valence-corrected chi connectivity index (χ4v) is 1.50. The van der Waals surface area contributed by atoms with Crippen LogP contribution in [-0.4, -0.2) is 22.2 Å². The normalized spacial score (nSPS) is 10.3. The van der Waals surface area contributed by atoms with Crippen LogP contribution in [0.3, 0.4) is 0 Å². The monoisotopic (exact) mass is 247 g/mol. The molecule has 0 fully saturated rings. The minimum atomic E-state index is -0.212. The molecule has 0 saturated carbocycles. The molecular formula is C12H13N3O3. The van der Waals surface area contributed by atoms with Gasteiger partial charge in [0.25, 0.3) is 5.56 Å². The second kappa shape index (κ2) is 5.31. The Morgan fingerprint density at radius 2 is 2.28 bits per heavy atom. The Morgan fingerprint density at radius 3 is 2.94 bits per heavy atom. The first-order chi connectivity index (χ1) is 8.66. The lowest BCUT2D eigenvalue weighted by molar-refractivity contribution is -0.118. The lowest BCUT2D eigenvalue weighted by atomic mass is 10.3. The maximum Gasteiger partial charge on any atom is 0.266 e. The van der Waals surface area contributed by atoms with Crippen molar-refractivity contribution in [2.75, 3.05) is 6.54 Å². The van der Waals surface area contributed by atoms with Gasteiger partial charge in [0.1, 0.15) is 5.69 Å². The Hall–Kier alpha value is -2.37. The molecule has 1 N–H and O–H groups in total. The fraction of sp³-hybridized carbons (Fsp3) is 0.250. The van der Waals surface area contributed by atoms with E-state index in [-0.39, 0.29) is 11.5 Å². The molecule has 0 aromatic carbocycles. The second-order valence-electron chi connectivity index (χ2n) is 3.74. The number of amides is 1. The Bertz CT molecular complexity index is 587. The Kier molecular flexibility index (Phi) is 3.57.